The molecule has 2 aromatic heterocycles. The molecule has 10 rings (SSSR count). The molecule has 2 aliphatic heterocycles. The number of ketones is 3. The molecule has 0 saturated carbocycles. The van der Waals surface area contributed by atoms with Crippen LogP contribution in [0.2, 0.25) is 5.02 Å². The van der Waals surface area contributed by atoms with Gasteiger partial charge in [-0.15, -0.1) is 22.7 Å². The number of carbonyl (C=O) groups is 3. The highest BCUT2D eigenvalue weighted by molar-refractivity contribution is 7.23. The third-order valence-electron chi connectivity index (χ3n) is 14.2. The van der Waals surface area contributed by atoms with Gasteiger partial charge in [0.2, 0.25) is 0 Å². The summed E-state index contributed by atoms with van der Waals surface area (Å²) in [7, 11) is 3.30. The Morgan fingerprint density at radius 1 is 0.579 bits per heavy atom. The van der Waals surface area contributed by atoms with Crippen LogP contribution in [0.15, 0.2) is 121 Å². The zero-order chi connectivity index (χ0) is 53.1. The van der Waals surface area contributed by atoms with Gasteiger partial charge in [0.25, 0.3) is 0 Å². The zero-order valence-electron chi connectivity index (χ0n) is 43.8. The summed E-state index contributed by atoms with van der Waals surface area (Å²) in [5, 5.41) is 12.1. The monoisotopic (exact) mass is 1080 g/mol. The third-order valence-corrected chi connectivity index (χ3v) is 17.0. The maximum absolute atomic E-state index is 13.9. The van der Waals surface area contributed by atoms with Crippen molar-refractivity contribution in [3.63, 3.8) is 0 Å². The van der Waals surface area contributed by atoms with E-state index in [0.717, 1.165) is 70.0 Å². The van der Waals surface area contributed by atoms with Crippen molar-refractivity contribution in [2.45, 2.75) is 65.2 Å². The standard InChI is InChI=1S/C32H35NO4S.C31H30ClNO4S/c1-22(34)24-9-13-27-28(32(38-31(27)21-24)25-10-14-29(35-2)30(20-25)36-3)19-23-7-11-26(12-8-23)37-18-17-33-15-5-4-6-16-33;1-20(34)22-8-12-26-28(18-22)38-31(25-13-9-23(35)19-27(25)32)29(26)30(36)21-6-10-24(11-7-21)37-17-5-16-33-14-3-2-4-15-33/h7-14,20-21H,4-6,15-19H2,1-3H3;6-13,18-19,35H,2-5,14-17H2,1H3. The summed E-state index contributed by atoms with van der Waals surface area (Å²) in [4.78, 5) is 44.8. The second-order valence-corrected chi connectivity index (χ2v) is 22.0. The number of rotatable bonds is 19. The lowest BCUT2D eigenvalue weighted by atomic mass is 9.96. The number of halogens is 1. The number of hydrogen-bond acceptors (Lipinski definition) is 12. The van der Waals surface area contributed by atoms with E-state index in [0.29, 0.717) is 50.3 Å². The Morgan fingerprint density at radius 3 is 1.76 bits per heavy atom. The van der Waals surface area contributed by atoms with E-state index in [1.54, 1.807) is 62.8 Å². The Hall–Kier alpha value is -6.54. The lowest BCUT2D eigenvalue weighted by Crippen LogP contribution is -2.33. The first kappa shape index (κ1) is 54.3. The highest BCUT2D eigenvalue weighted by atomic mass is 35.5. The number of benzene rings is 6. The fraction of sp³-hybridized carbons (Fsp3) is 0.317. The summed E-state index contributed by atoms with van der Waals surface area (Å²) in [5.41, 5.74) is 6.57. The second-order valence-electron chi connectivity index (χ2n) is 19.5. The first-order valence-corrected chi connectivity index (χ1v) is 28.3. The summed E-state index contributed by atoms with van der Waals surface area (Å²) in [6.07, 6.45) is 9.60. The molecule has 0 radical (unpaired) electrons. The van der Waals surface area contributed by atoms with Crippen LogP contribution in [0.1, 0.15) is 107 Å². The molecule has 2 fully saturated rings. The van der Waals surface area contributed by atoms with Gasteiger partial charge in [0.05, 0.1) is 25.8 Å². The molecule has 394 valence electrons. The van der Waals surface area contributed by atoms with E-state index in [9.17, 15) is 19.5 Å². The fourth-order valence-electron chi connectivity index (χ4n) is 10.1. The number of aromatic hydroxyl groups is 1. The van der Waals surface area contributed by atoms with Crippen molar-refractivity contribution in [3.8, 4) is 49.6 Å². The average molecular weight is 1080 g/mol. The summed E-state index contributed by atoms with van der Waals surface area (Å²) in [6, 6.07) is 37.9. The molecule has 13 heteroatoms. The molecule has 0 bridgehead atoms. The SMILES string of the molecule is CC(=O)c1ccc2c(C(=O)c3ccc(OCCCN4CCCCC4)cc3)c(-c3ccc(O)cc3Cl)sc2c1.COc1ccc(-c2sc3cc(C(C)=O)ccc3c2Cc2ccc(OCCN3CCCCC3)cc2)cc1OC. The van der Waals surface area contributed by atoms with Gasteiger partial charge in [-0.2, -0.15) is 0 Å². The molecule has 4 heterocycles. The predicted molar refractivity (Wildman–Crippen MR) is 310 cm³/mol. The number of piperidine rings is 2. The molecule has 2 saturated heterocycles. The van der Waals surface area contributed by atoms with Crippen LogP contribution in [0.3, 0.4) is 0 Å². The molecular formula is C63H65ClN2O8S2. The number of fused-ring (bicyclic) bond motifs is 2. The van der Waals surface area contributed by atoms with Gasteiger partial charge < -0.3 is 29.0 Å². The number of phenols is 1. The van der Waals surface area contributed by atoms with Crippen LogP contribution in [-0.4, -0.2) is 99.0 Å². The van der Waals surface area contributed by atoms with Crippen molar-refractivity contribution < 1.29 is 38.4 Å². The highest BCUT2D eigenvalue weighted by Crippen LogP contribution is 2.45. The Labute approximate surface area is 458 Å². The number of nitrogens with zero attached hydrogens (tertiary/aromatic N) is 2. The van der Waals surface area contributed by atoms with Gasteiger partial charge in [-0.05, 0) is 186 Å². The average Bonchev–Trinajstić information content (AvgIpc) is 4.00. The highest BCUT2D eigenvalue weighted by Gasteiger charge is 2.24. The Balaban J connectivity index is 0.000000186. The summed E-state index contributed by atoms with van der Waals surface area (Å²) in [6.45, 7) is 11.3. The number of likely N-dealkylation sites (tertiary alicyclic amines) is 2. The molecule has 0 aliphatic carbocycles. The lowest BCUT2D eigenvalue weighted by molar-refractivity contribution is 0.100. The number of carbonyl (C=O) groups excluding carboxylic acids is 3. The number of ether oxygens (including phenoxy) is 4. The molecule has 0 spiro atoms. The van der Waals surface area contributed by atoms with Crippen LogP contribution < -0.4 is 18.9 Å². The Kier molecular flexibility index (Phi) is 18.2. The molecule has 0 unspecified atom stereocenters. The minimum atomic E-state index is -0.136. The molecule has 0 amide bonds. The quantitative estimate of drug-likeness (QED) is 0.0620. The number of thiophene rings is 2. The van der Waals surface area contributed by atoms with Crippen molar-refractivity contribution in [2.24, 2.45) is 0 Å². The van der Waals surface area contributed by atoms with Crippen LogP contribution in [0.25, 0.3) is 41.1 Å². The van der Waals surface area contributed by atoms with E-state index in [1.165, 1.54) is 110 Å². The Bertz CT molecular complexity index is 3320. The van der Waals surface area contributed by atoms with Crippen molar-refractivity contribution in [2.75, 3.05) is 66.7 Å². The largest absolute Gasteiger partial charge is 0.508 e. The molecule has 1 N–H and O–H groups in total. The topological polar surface area (TPSA) is 115 Å². The smallest absolute Gasteiger partial charge is 0.195 e. The van der Waals surface area contributed by atoms with Crippen LogP contribution in [0, 0.1) is 0 Å². The minimum Gasteiger partial charge on any atom is -0.508 e. The van der Waals surface area contributed by atoms with Crippen LogP contribution in [0.4, 0.5) is 0 Å². The summed E-state index contributed by atoms with van der Waals surface area (Å²) in [5.74, 6) is 3.00. The lowest BCUT2D eigenvalue weighted by Gasteiger charge is -2.26. The van der Waals surface area contributed by atoms with Crippen LogP contribution >= 0.6 is 34.3 Å². The molecule has 10 nitrogen and oxygen atoms in total. The number of methoxy groups -OCH3 is 2. The van der Waals surface area contributed by atoms with Crippen molar-refractivity contribution >= 4 is 71.8 Å². The second kappa shape index (κ2) is 25.5. The maximum Gasteiger partial charge on any atom is 0.195 e. The molecular weight excluding hydrogens is 1010 g/mol. The van der Waals surface area contributed by atoms with E-state index in [2.05, 4.69) is 46.2 Å². The molecule has 2 aliphatic rings. The summed E-state index contributed by atoms with van der Waals surface area (Å²) < 4.78 is 25.0. The van der Waals surface area contributed by atoms with Gasteiger partial charge in [-0.1, -0.05) is 60.8 Å². The van der Waals surface area contributed by atoms with Gasteiger partial charge in [-0.25, -0.2) is 0 Å². The van der Waals surface area contributed by atoms with E-state index < -0.39 is 0 Å². The third kappa shape index (κ3) is 13.2. The van der Waals surface area contributed by atoms with Crippen LogP contribution in [0.5, 0.6) is 28.7 Å². The van der Waals surface area contributed by atoms with Gasteiger partial charge >= 0.3 is 0 Å². The fourth-order valence-corrected chi connectivity index (χ4v) is 12.9. The first-order valence-electron chi connectivity index (χ1n) is 26.3. The van der Waals surface area contributed by atoms with E-state index in [1.807, 2.05) is 48.5 Å². The maximum atomic E-state index is 13.9. The summed E-state index contributed by atoms with van der Waals surface area (Å²) >= 11 is 9.61. The van der Waals surface area contributed by atoms with E-state index >= 15 is 0 Å². The zero-order valence-corrected chi connectivity index (χ0v) is 46.1. The number of hydrogen-bond donors (Lipinski definition) is 1. The van der Waals surface area contributed by atoms with E-state index in [4.69, 9.17) is 30.5 Å². The van der Waals surface area contributed by atoms with Gasteiger partial charge in [0, 0.05) is 65.4 Å². The van der Waals surface area contributed by atoms with Crippen molar-refractivity contribution in [1.82, 2.24) is 9.80 Å². The van der Waals surface area contributed by atoms with Crippen molar-refractivity contribution in [3.05, 3.63) is 160 Å². The van der Waals surface area contributed by atoms with Crippen LogP contribution in [-0.2, 0) is 6.42 Å². The predicted octanol–water partition coefficient (Wildman–Crippen LogP) is 14.9. The Morgan fingerprint density at radius 2 is 1.14 bits per heavy atom. The first-order chi connectivity index (χ1) is 37.0. The normalized spacial score (nSPS) is 14.0. The van der Waals surface area contributed by atoms with Gasteiger partial charge in [-0.3, -0.25) is 19.3 Å². The molecule has 0 atom stereocenters. The minimum absolute atomic E-state index is 0.0380. The molecule has 6 aromatic carbocycles. The van der Waals surface area contributed by atoms with Gasteiger partial charge in [0.15, 0.2) is 28.8 Å². The molecule has 8 aromatic rings. The number of phenolic OH excluding ortho intramolecular Hbond substituents is 1. The van der Waals surface area contributed by atoms with Gasteiger partial charge in [0.1, 0.15) is 23.9 Å². The molecule has 76 heavy (non-hydrogen) atoms. The number of Topliss-reactive ketones (excluding diaryl/α,β-unsaturated/α-hetero) is 2. The van der Waals surface area contributed by atoms with E-state index in [-0.39, 0.29) is 23.1 Å². The van der Waals surface area contributed by atoms with Crippen molar-refractivity contribution in [1.29, 1.82) is 0 Å².